The van der Waals surface area contributed by atoms with E-state index < -0.39 is 24.1 Å². The maximum Gasteiger partial charge on any atom is 0.405 e. The second kappa shape index (κ2) is 9.84. The molecule has 0 heterocycles. The van der Waals surface area contributed by atoms with E-state index in [0.717, 1.165) is 16.9 Å². The summed E-state index contributed by atoms with van der Waals surface area (Å²) in [5.41, 5.74) is 0.876. The fourth-order valence-electron chi connectivity index (χ4n) is 2.91. The zero-order valence-corrected chi connectivity index (χ0v) is 17.7. The van der Waals surface area contributed by atoms with Gasteiger partial charge in [0.15, 0.2) is 0 Å². The van der Waals surface area contributed by atoms with Crippen LogP contribution in [0.2, 0.25) is 0 Å². The Morgan fingerprint density at radius 3 is 1.75 bits per heavy atom. The van der Waals surface area contributed by atoms with Crippen LogP contribution in [0.3, 0.4) is 0 Å². The van der Waals surface area contributed by atoms with Crippen LogP contribution in [0.15, 0.2) is 72.8 Å². The molecule has 0 spiro atoms. The van der Waals surface area contributed by atoms with Gasteiger partial charge in [-0.2, -0.15) is 0 Å². The number of aliphatic hydroxyl groups is 1. The SMILES string of the molecule is COc1ccc(-c2ccc(Oc3ccc(NC(=O)[C@](C)(CO)NC(=O)O)cc3)cc2)cc1. The Balaban J connectivity index is 1.62. The fraction of sp³-hybridized carbons (Fsp3) is 0.167. The molecule has 2 amide bonds. The minimum absolute atomic E-state index is 0.434. The molecule has 0 saturated heterocycles. The Hall–Kier alpha value is -4.04. The molecule has 3 aromatic carbocycles. The lowest BCUT2D eigenvalue weighted by atomic mass is 10.0. The van der Waals surface area contributed by atoms with Crippen molar-refractivity contribution >= 4 is 17.7 Å². The quantitative estimate of drug-likeness (QED) is 0.422. The minimum atomic E-state index is -1.66. The highest BCUT2D eigenvalue weighted by molar-refractivity contribution is 5.99. The predicted octanol–water partition coefficient (Wildman–Crippen LogP) is 4.11. The van der Waals surface area contributed by atoms with Gasteiger partial charge >= 0.3 is 6.09 Å². The van der Waals surface area contributed by atoms with E-state index in [0.29, 0.717) is 17.2 Å². The average Bonchev–Trinajstić information content (AvgIpc) is 2.80. The third-order valence-corrected chi connectivity index (χ3v) is 4.83. The standard InChI is InChI=1S/C24H24N2O6/c1-24(15-27,26-23(29)30)22(28)25-18-7-13-21(14-8-18)32-20-11-5-17(6-12-20)16-3-9-19(31-2)10-4-16/h3-14,26-27H,15H2,1-2H3,(H,25,28)(H,29,30)/t24-/m0/s1. The van der Waals surface area contributed by atoms with Gasteiger partial charge in [-0.15, -0.1) is 0 Å². The Labute approximate surface area is 185 Å². The van der Waals surface area contributed by atoms with Gasteiger partial charge in [-0.1, -0.05) is 24.3 Å². The van der Waals surface area contributed by atoms with Crippen molar-refractivity contribution in [1.82, 2.24) is 5.32 Å². The van der Waals surface area contributed by atoms with Crippen LogP contribution in [-0.2, 0) is 4.79 Å². The van der Waals surface area contributed by atoms with Crippen molar-refractivity contribution in [3.63, 3.8) is 0 Å². The number of nitrogens with one attached hydrogen (secondary N) is 2. The van der Waals surface area contributed by atoms with E-state index in [4.69, 9.17) is 14.6 Å². The molecule has 0 bridgehead atoms. The summed E-state index contributed by atoms with van der Waals surface area (Å²) in [6.45, 7) is 0.613. The minimum Gasteiger partial charge on any atom is -0.497 e. The Kier molecular flexibility index (Phi) is 6.97. The summed E-state index contributed by atoms with van der Waals surface area (Å²) >= 11 is 0. The van der Waals surface area contributed by atoms with Crippen molar-refractivity contribution in [3.8, 4) is 28.4 Å². The lowest BCUT2D eigenvalue weighted by molar-refractivity contribution is -0.123. The first-order valence-electron chi connectivity index (χ1n) is 9.79. The summed E-state index contributed by atoms with van der Waals surface area (Å²) in [6, 6.07) is 22.0. The molecule has 4 N–H and O–H groups in total. The first-order chi connectivity index (χ1) is 15.3. The zero-order chi connectivity index (χ0) is 23.1. The van der Waals surface area contributed by atoms with E-state index in [9.17, 15) is 14.7 Å². The zero-order valence-electron chi connectivity index (χ0n) is 17.7. The first kappa shape index (κ1) is 22.6. The molecule has 166 valence electrons. The predicted molar refractivity (Wildman–Crippen MR) is 120 cm³/mol. The summed E-state index contributed by atoms with van der Waals surface area (Å²) in [5, 5.41) is 22.8. The van der Waals surface area contributed by atoms with Crippen LogP contribution in [0.5, 0.6) is 17.2 Å². The molecule has 0 aliphatic rings. The van der Waals surface area contributed by atoms with Crippen molar-refractivity contribution in [2.24, 2.45) is 0 Å². The third-order valence-electron chi connectivity index (χ3n) is 4.83. The third kappa shape index (κ3) is 5.55. The molecule has 0 unspecified atom stereocenters. The Morgan fingerprint density at radius 1 is 0.844 bits per heavy atom. The average molecular weight is 436 g/mol. The molecule has 0 aliphatic carbocycles. The van der Waals surface area contributed by atoms with E-state index in [1.807, 2.05) is 53.8 Å². The smallest absolute Gasteiger partial charge is 0.405 e. The molecule has 8 heteroatoms. The van der Waals surface area contributed by atoms with Crippen LogP contribution >= 0.6 is 0 Å². The molecular weight excluding hydrogens is 412 g/mol. The van der Waals surface area contributed by atoms with Gasteiger partial charge in [0.1, 0.15) is 22.8 Å². The highest BCUT2D eigenvalue weighted by Gasteiger charge is 2.34. The maximum absolute atomic E-state index is 12.3. The van der Waals surface area contributed by atoms with Gasteiger partial charge in [0, 0.05) is 5.69 Å². The molecule has 0 aromatic heterocycles. The highest BCUT2D eigenvalue weighted by Crippen LogP contribution is 2.27. The second-order valence-electron chi connectivity index (χ2n) is 7.25. The normalized spacial score (nSPS) is 12.3. The van der Waals surface area contributed by atoms with Crippen LogP contribution < -0.4 is 20.1 Å². The number of benzene rings is 3. The van der Waals surface area contributed by atoms with E-state index in [1.54, 1.807) is 31.4 Å². The maximum atomic E-state index is 12.3. The number of carbonyl (C=O) groups is 2. The number of aliphatic hydroxyl groups excluding tert-OH is 1. The Bertz CT molecular complexity index is 1070. The van der Waals surface area contributed by atoms with Crippen LogP contribution in [0.25, 0.3) is 11.1 Å². The lowest BCUT2D eigenvalue weighted by Crippen LogP contribution is -2.56. The van der Waals surface area contributed by atoms with Gasteiger partial charge in [0.05, 0.1) is 13.7 Å². The topological polar surface area (TPSA) is 117 Å². The number of anilines is 1. The van der Waals surface area contributed by atoms with Gasteiger partial charge in [-0.3, -0.25) is 4.79 Å². The summed E-state index contributed by atoms with van der Waals surface area (Å²) < 4.78 is 11.0. The van der Waals surface area contributed by atoms with Crippen molar-refractivity contribution in [2.45, 2.75) is 12.5 Å². The molecule has 1 atom stereocenters. The van der Waals surface area contributed by atoms with Crippen molar-refractivity contribution < 1.29 is 29.3 Å². The first-order valence-corrected chi connectivity index (χ1v) is 9.79. The van der Waals surface area contributed by atoms with Gasteiger partial charge in [0.25, 0.3) is 5.91 Å². The second-order valence-corrected chi connectivity index (χ2v) is 7.25. The van der Waals surface area contributed by atoms with Crippen molar-refractivity contribution in [3.05, 3.63) is 72.8 Å². The fourth-order valence-corrected chi connectivity index (χ4v) is 2.91. The Morgan fingerprint density at radius 2 is 1.31 bits per heavy atom. The van der Waals surface area contributed by atoms with Crippen LogP contribution in [0.1, 0.15) is 6.92 Å². The van der Waals surface area contributed by atoms with E-state index in [-0.39, 0.29) is 0 Å². The molecular formula is C24H24N2O6. The summed E-state index contributed by atoms with van der Waals surface area (Å²) in [7, 11) is 1.63. The van der Waals surface area contributed by atoms with E-state index in [2.05, 4.69) is 5.32 Å². The largest absolute Gasteiger partial charge is 0.497 e. The van der Waals surface area contributed by atoms with Gasteiger partial charge in [0.2, 0.25) is 0 Å². The van der Waals surface area contributed by atoms with Gasteiger partial charge in [-0.25, -0.2) is 4.79 Å². The van der Waals surface area contributed by atoms with Crippen molar-refractivity contribution in [1.29, 1.82) is 0 Å². The molecule has 0 aliphatic heterocycles. The number of rotatable bonds is 8. The molecule has 8 nitrogen and oxygen atoms in total. The molecule has 3 rings (SSSR count). The summed E-state index contributed by atoms with van der Waals surface area (Å²) in [4.78, 5) is 23.2. The lowest BCUT2D eigenvalue weighted by Gasteiger charge is -2.25. The number of carbonyl (C=O) groups excluding carboxylic acids is 1. The number of hydrogen-bond donors (Lipinski definition) is 4. The van der Waals surface area contributed by atoms with Crippen LogP contribution in [0.4, 0.5) is 10.5 Å². The summed E-state index contributed by atoms with van der Waals surface area (Å²) in [6.07, 6.45) is -1.40. The number of carboxylic acid groups (broad SMARTS) is 1. The van der Waals surface area contributed by atoms with Crippen molar-refractivity contribution in [2.75, 3.05) is 19.0 Å². The molecule has 3 aromatic rings. The molecule has 32 heavy (non-hydrogen) atoms. The van der Waals surface area contributed by atoms with Gasteiger partial charge in [-0.05, 0) is 66.6 Å². The molecule has 0 fully saturated rings. The van der Waals surface area contributed by atoms with E-state index >= 15 is 0 Å². The van der Waals surface area contributed by atoms with Crippen LogP contribution in [-0.4, -0.2) is 41.5 Å². The number of hydrogen-bond acceptors (Lipinski definition) is 5. The van der Waals surface area contributed by atoms with Crippen LogP contribution in [0, 0.1) is 0 Å². The monoisotopic (exact) mass is 436 g/mol. The van der Waals surface area contributed by atoms with Gasteiger partial charge < -0.3 is 30.3 Å². The molecule has 0 saturated carbocycles. The highest BCUT2D eigenvalue weighted by atomic mass is 16.5. The number of methoxy groups -OCH3 is 1. The number of amides is 2. The van der Waals surface area contributed by atoms with E-state index in [1.165, 1.54) is 6.92 Å². The molecule has 0 radical (unpaired) electrons. The summed E-state index contributed by atoms with van der Waals surface area (Å²) in [5.74, 6) is 1.34. The number of ether oxygens (including phenoxy) is 2.